The Hall–Kier alpha value is -0.870. The van der Waals surface area contributed by atoms with E-state index in [1.165, 1.54) is 9.75 Å². The monoisotopic (exact) mass is 310 g/mol. The molecule has 1 N–H and O–H groups in total. The van der Waals surface area contributed by atoms with Crippen molar-refractivity contribution in [2.24, 2.45) is 0 Å². The maximum absolute atomic E-state index is 4.15. The topological polar surface area (TPSA) is 24.9 Å². The molecule has 2 aromatic heterocycles. The molecule has 1 atom stereocenters. The average molecular weight is 311 g/mol. The molecule has 0 aliphatic carbocycles. The highest BCUT2D eigenvalue weighted by Crippen LogP contribution is 2.26. The van der Waals surface area contributed by atoms with Gasteiger partial charge in [-0.25, -0.2) is 0 Å². The summed E-state index contributed by atoms with van der Waals surface area (Å²) in [5.74, 6) is 0. The van der Waals surface area contributed by atoms with Crippen LogP contribution >= 0.6 is 27.3 Å². The summed E-state index contributed by atoms with van der Waals surface area (Å²) in [6.07, 6.45) is 4.74. The van der Waals surface area contributed by atoms with E-state index in [2.05, 4.69) is 52.2 Å². The predicted molar refractivity (Wildman–Crippen MR) is 77.7 cm³/mol. The number of nitrogens with zero attached hydrogens (tertiary/aromatic N) is 1. The van der Waals surface area contributed by atoms with E-state index in [0.29, 0.717) is 6.04 Å². The van der Waals surface area contributed by atoms with Gasteiger partial charge in [0.15, 0.2) is 0 Å². The standard InChI is InChI=1S/C13H15BrN2S/c1-3-12-4-5-13(17-12)9(2)16-11-6-10(14)7-15-8-11/h4-9,16H,3H2,1-2H3. The van der Waals surface area contributed by atoms with Crippen molar-refractivity contribution in [3.05, 3.63) is 44.8 Å². The van der Waals surface area contributed by atoms with Gasteiger partial charge < -0.3 is 5.32 Å². The number of aryl methyl sites for hydroxylation is 1. The van der Waals surface area contributed by atoms with Gasteiger partial charge in [-0.2, -0.15) is 0 Å². The Morgan fingerprint density at radius 3 is 2.88 bits per heavy atom. The fourth-order valence-electron chi connectivity index (χ4n) is 1.63. The van der Waals surface area contributed by atoms with E-state index in [9.17, 15) is 0 Å². The molecule has 2 heterocycles. The van der Waals surface area contributed by atoms with Crippen molar-refractivity contribution in [1.82, 2.24) is 4.98 Å². The van der Waals surface area contributed by atoms with Crippen molar-refractivity contribution < 1.29 is 0 Å². The van der Waals surface area contributed by atoms with Gasteiger partial charge in [0, 0.05) is 20.4 Å². The molecular weight excluding hydrogens is 296 g/mol. The van der Waals surface area contributed by atoms with Gasteiger partial charge in [0.2, 0.25) is 0 Å². The highest BCUT2D eigenvalue weighted by atomic mass is 79.9. The molecule has 0 amide bonds. The number of anilines is 1. The lowest BCUT2D eigenvalue weighted by Gasteiger charge is -2.13. The highest BCUT2D eigenvalue weighted by molar-refractivity contribution is 9.10. The van der Waals surface area contributed by atoms with Crippen LogP contribution in [-0.2, 0) is 6.42 Å². The minimum Gasteiger partial charge on any atom is -0.376 e. The van der Waals surface area contributed by atoms with Gasteiger partial charge in [-0.3, -0.25) is 4.98 Å². The van der Waals surface area contributed by atoms with E-state index in [4.69, 9.17) is 0 Å². The number of nitrogens with one attached hydrogen (secondary N) is 1. The summed E-state index contributed by atoms with van der Waals surface area (Å²) in [5.41, 5.74) is 1.04. The summed E-state index contributed by atoms with van der Waals surface area (Å²) in [6.45, 7) is 4.36. The zero-order chi connectivity index (χ0) is 12.3. The number of aromatic nitrogens is 1. The molecule has 2 aromatic rings. The summed E-state index contributed by atoms with van der Waals surface area (Å²) in [7, 11) is 0. The first-order chi connectivity index (χ1) is 8.19. The lowest BCUT2D eigenvalue weighted by atomic mass is 10.2. The Morgan fingerprint density at radius 2 is 2.24 bits per heavy atom. The summed E-state index contributed by atoms with van der Waals surface area (Å²) in [4.78, 5) is 6.94. The van der Waals surface area contributed by atoms with Crippen LogP contribution in [0.25, 0.3) is 0 Å². The zero-order valence-corrected chi connectivity index (χ0v) is 12.3. The predicted octanol–water partition coefficient (Wildman–Crippen LogP) is 4.64. The van der Waals surface area contributed by atoms with E-state index in [1.54, 1.807) is 6.20 Å². The minimum atomic E-state index is 0.316. The fourth-order valence-corrected chi connectivity index (χ4v) is 2.95. The van der Waals surface area contributed by atoms with Crippen LogP contribution in [-0.4, -0.2) is 4.98 Å². The smallest absolute Gasteiger partial charge is 0.0579 e. The van der Waals surface area contributed by atoms with E-state index < -0.39 is 0 Å². The molecule has 0 spiro atoms. The van der Waals surface area contributed by atoms with Gasteiger partial charge in [0.25, 0.3) is 0 Å². The molecule has 90 valence electrons. The van der Waals surface area contributed by atoms with Crippen molar-refractivity contribution in [2.45, 2.75) is 26.3 Å². The van der Waals surface area contributed by atoms with Gasteiger partial charge in [-0.1, -0.05) is 6.92 Å². The summed E-state index contributed by atoms with van der Waals surface area (Å²) in [6, 6.07) is 6.76. The second-order valence-corrected chi connectivity index (χ2v) is 6.03. The Kier molecular flexibility index (Phi) is 4.18. The van der Waals surface area contributed by atoms with E-state index in [1.807, 2.05) is 23.6 Å². The van der Waals surface area contributed by atoms with Crippen LogP contribution in [0.1, 0.15) is 29.6 Å². The largest absolute Gasteiger partial charge is 0.376 e. The molecular formula is C13H15BrN2S. The average Bonchev–Trinajstić information content (AvgIpc) is 2.77. The fraction of sp³-hybridized carbons (Fsp3) is 0.308. The third-order valence-electron chi connectivity index (χ3n) is 2.55. The lowest BCUT2D eigenvalue weighted by molar-refractivity contribution is 0.905. The van der Waals surface area contributed by atoms with Crippen LogP contribution in [0.2, 0.25) is 0 Å². The molecule has 2 rings (SSSR count). The van der Waals surface area contributed by atoms with Crippen LogP contribution in [0.3, 0.4) is 0 Å². The number of halogens is 1. The second-order valence-electron chi connectivity index (χ2n) is 3.92. The molecule has 0 bridgehead atoms. The molecule has 0 saturated heterocycles. The molecule has 2 nitrogen and oxygen atoms in total. The number of hydrogen-bond donors (Lipinski definition) is 1. The Balaban J connectivity index is 2.08. The SMILES string of the molecule is CCc1ccc(C(C)Nc2cncc(Br)c2)s1. The van der Waals surface area contributed by atoms with Crippen molar-refractivity contribution in [3.8, 4) is 0 Å². The summed E-state index contributed by atoms with van der Waals surface area (Å²) in [5, 5.41) is 3.45. The highest BCUT2D eigenvalue weighted by Gasteiger charge is 2.08. The molecule has 0 aliphatic rings. The van der Waals surface area contributed by atoms with Crippen molar-refractivity contribution in [1.29, 1.82) is 0 Å². The lowest BCUT2D eigenvalue weighted by Crippen LogP contribution is -2.04. The van der Waals surface area contributed by atoms with Crippen molar-refractivity contribution >= 4 is 33.0 Å². The molecule has 0 saturated carbocycles. The Labute approximate surface area is 114 Å². The molecule has 0 radical (unpaired) electrons. The Morgan fingerprint density at radius 1 is 1.41 bits per heavy atom. The number of rotatable bonds is 4. The van der Waals surface area contributed by atoms with Gasteiger partial charge in [-0.05, 0) is 47.5 Å². The third kappa shape index (κ3) is 3.30. The molecule has 0 aliphatic heterocycles. The van der Waals surface area contributed by atoms with Crippen molar-refractivity contribution in [2.75, 3.05) is 5.32 Å². The number of pyridine rings is 1. The van der Waals surface area contributed by atoms with Crippen LogP contribution in [0.15, 0.2) is 35.1 Å². The molecule has 17 heavy (non-hydrogen) atoms. The maximum atomic E-state index is 4.15. The third-order valence-corrected chi connectivity index (χ3v) is 4.39. The van der Waals surface area contributed by atoms with E-state index in [0.717, 1.165) is 16.6 Å². The van der Waals surface area contributed by atoms with Gasteiger partial charge >= 0.3 is 0 Å². The normalized spacial score (nSPS) is 12.4. The van der Waals surface area contributed by atoms with Crippen LogP contribution in [0, 0.1) is 0 Å². The van der Waals surface area contributed by atoms with Crippen LogP contribution in [0.5, 0.6) is 0 Å². The van der Waals surface area contributed by atoms with Crippen LogP contribution in [0.4, 0.5) is 5.69 Å². The number of thiophene rings is 1. The second kappa shape index (κ2) is 5.65. The van der Waals surface area contributed by atoms with Gasteiger partial charge in [-0.15, -0.1) is 11.3 Å². The number of hydrogen-bond acceptors (Lipinski definition) is 3. The first-order valence-corrected chi connectivity index (χ1v) is 7.25. The molecule has 4 heteroatoms. The van der Waals surface area contributed by atoms with Gasteiger partial charge in [0.1, 0.15) is 0 Å². The minimum absolute atomic E-state index is 0.316. The summed E-state index contributed by atoms with van der Waals surface area (Å²) < 4.78 is 0.995. The maximum Gasteiger partial charge on any atom is 0.0579 e. The van der Waals surface area contributed by atoms with Gasteiger partial charge in [0.05, 0.1) is 17.9 Å². The summed E-state index contributed by atoms with van der Waals surface area (Å²) >= 11 is 5.29. The zero-order valence-electron chi connectivity index (χ0n) is 9.90. The first-order valence-electron chi connectivity index (χ1n) is 5.64. The van der Waals surface area contributed by atoms with Crippen molar-refractivity contribution in [3.63, 3.8) is 0 Å². The van der Waals surface area contributed by atoms with Crippen LogP contribution < -0.4 is 5.32 Å². The quantitative estimate of drug-likeness (QED) is 0.889. The van der Waals surface area contributed by atoms with E-state index >= 15 is 0 Å². The van der Waals surface area contributed by atoms with E-state index in [-0.39, 0.29) is 0 Å². The first kappa shape index (κ1) is 12.6. The molecule has 1 unspecified atom stereocenters. The Bertz CT molecular complexity index is 496. The molecule has 0 aromatic carbocycles. The molecule has 0 fully saturated rings.